The molecule has 0 aromatic rings. The van der Waals surface area contributed by atoms with Gasteiger partial charge in [0.2, 0.25) is 5.91 Å². The molecule has 1 amide bonds. The second-order valence-electron chi connectivity index (χ2n) is 5.97. The number of nitrogens with zero attached hydrogens (tertiary/aromatic N) is 2. The lowest BCUT2D eigenvalue weighted by Crippen LogP contribution is -2.43. The molecule has 4 heteroatoms. The second-order valence-corrected chi connectivity index (χ2v) is 5.97. The second kappa shape index (κ2) is 7.25. The molecule has 0 atom stereocenters. The first-order chi connectivity index (χ1) is 9.19. The highest BCUT2D eigenvalue weighted by Crippen LogP contribution is 2.20. The minimum Gasteiger partial charge on any atom is -0.375 e. The van der Waals surface area contributed by atoms with Gasteiger partial charge < -0.3 is 14.5 Å². The molecule has 2 fully saturated rings. The van der Waals surface area contributed by atoms with E-state index in [2.05, 4.69) is 18.9 Å². The summed E-state index contributed by atoms with van der Waals surface area (Å²) in [5, 5.41) is 0. The molecule has 0 aromatic carbocycles. The number of hydrogen-bond acceptors (Lipinski definition) is 3. The Labute approximate surface area is 117 Å². The molecule has 0 unspecified atom stereocenters. The summed E-state index contributed by atoms with van der Waals surface area (Å²) in [5.41, 5.74) is 0. The number of amides is 1. The zero-order chi connectivity index (χ0) is 13.7. The smallest absolute Gasteiger partial charge is 0.222 e. The van der Waals surface area contributed by atoms with Crippen LogP contribution in [0.25, 0.3) is 0 Å². The lowest BCUT2D eigenvalue weighted by atomic mass is 10.0. The van der Waals surface area contributed by atoms with Gasteiger partial charge in [0.15, 0.2) is 0 Å². The van der Waals surface area contributed by atoms with Gasteiger partial charge in [-0.05, 0) is 39.2 Å². The maximum atomic E-state index is 11.8. The first kappa shape index (κ1) is 14.8. The van der Waals surface area contributed by atoms with Crippen LogP contribution in [-0.4, -0.2) is 61.1 Å². The van der Waals surface area contributed by atoms with Crippen molar-refractivity contribution in [3.8, 4) is 0 Å². The minimum absolute atomic E-state index is 0.320. The van der Waals surface area contributed by atoms with Crippen LogP contribution in [0.1, 0.15) is 45.4 Å². The van der Waals surface area contributed by atoms with Crippen LogP contribution in [0.3, 0.4) is 0 Å². The zero-order valence-electron chi connectivity index (χ0n) is 12.4. The van der Waals surface area contributed by atoms with Crippen LogP contribution in [0.2, 0.25) is 0 Å². The van der Waals surface area contributed by atoms with Gasteiger partial charge in [-0.2, -0.15) is 0 Å². The van der Waals surface area contributed by atoms with Crippen molar-refractivity contribution in [1.29, 1.82) is 0 Å². The van der Waals surface area contributed by atoms with Gasteiger partial charge in [-0.25, -0.2) is 0 Å². The normalized spacial score (nSPS) is 23.8. The van der Waals surface area contributed by atoms with E-state index >= 15 is 0 Å². The van der Waals surface area contributed by atoms with Crippen LogP contribution >= 0.6 is 0 Å². The number of likely N-dealkylation sites (tertiary alicyclic amines) is 2. The first-order valence-electron chi connectivity index (χ1n) is 7.80. The fourth-order valence-electron chi connectivity index (χ4n) is 3.01. The van der Waals surface area contributed by atoms with E-state index in [4.69, 9.17) is 4.74 Å². The van der Waals surface area contributed by atoms with Crippen molar-refractivity contribution in [2.45, 2.75) is 57.7 Å². The van der Waals surface area contributed by atoms with Crippen molar-refractivity contribution < 1.29 is 9.53 Å². The fraction of sp³-hybridized carbons (Fsp3) is 0.933. The van der Waals surface area contributed by atoms with E-state index in [1.165, 1.54) is 0 Å². The van der Waals surface area contributed by atoms with Crippen LogP contribution < -0.4 is 0 Å². The summed E-state index contributed by atoms with van der Waals surface area (Å²) in [4.78, 5) is 16.2. The zero-order valence-corrected chi connectivity index (χ0v) is 12.4. The number of ether oxygens (including phenoxy) is 1. The summed E-state index contributed by atoms with van der Waals surface area (Å²) in [6.07, 6.45) is 6.81. The van der Waals surface area contributed by atoms with Crippen molar-refractivity contribution in [1.82, 2.24) is 9.80 Å². The van der Waals surface area contributed by atoms with Gasteiger partial charge in [-0.3, -0.25) is 4.79 Å². The monoisotopic (exact) mass is 268 g/mol. The van der Waals surface area contributed by atoms with E-state index in [-0.39, 0.29) is 0 Å². The highest BCUT2D eigenvalue weighted by molar-refractivity contribution is 5.76. The minimum atomic E-state index is 0.320. The van der Waals surface area contributed by atoms with E-state index in [1.807, 2.05) is 4.90 Å². The lowest BCUT2D eigenvalue weighted by molar-refractivity contribution is -0.135. The van der Waals surface area contributed by atoms with E-state index < -0.39 is 0 Å². The van der Waals surface area contributed by atoms with Crippen LogP contribution in [0.15, 0.2) is 0 Å². The highest BCUT2D eigenvalue weighted by atomic mass is 16.5. The van der Waals surface area contributed by atoms with E-state index in [1.54, 1.807) is 0 Å². The van der Waals surface area contributed by atoms with Gasteiger partial charge in [0.1, 0.15) is 0 Å². The van der Waals surface area contributed by atoms with Crippen molar-refractivity contribution in [3.05, 3.63) is 0 Å². The van der Waals surface area contributed by atoms with Crippen molar-refractivity contribution >= 4 is 5.91 Å². The van der Waals surface area contributed by atoms with Crippen molar-refractivity contribution in [2.75, 3.05) is 33.2 Å². The van der Waals surface area contributed by atoms with Gasteiger partial charge in [-0.1, -0.05) is 6.92 Å². The molecule has 2 aliphatic heterocycles. The van der Waals surface area contributed by atoms with Crippen molar-refractivity contribution in [2.24, 2.45) is 0 Å². The maximum absolute atomic E-state index is 11.8. The van der Waals surface area contributed by atoms with E-state index in [0.29, 0.717) is 24.5 Å². The maximum Gasteiger partial charge on any atom is 0.222 e. The molecule has 2 saturated heterocycles. The van der Waals surface area contributed by atoms with Gasteiger partial charge in [0.05, 0.1) is 12.2 Å². The summed E-state index contributed by atoms with van der Waals surface area (Å²) in [5.74, 6) is 0.320. The van der Waals surface area contributed by atoms with Crippen LogP contribution in [0.5, 0.6) is 0 Å². The average molecular weight is 268 g/mol. The Morgan fingerprint density at radius 3 is 2.11 bits per heavy atom. The summed E-state index contributed by atoms with van der Waals surface area (Å²) < 4.78 is 6.20. The third kappa shape index (κ3) is 4.46. The number of hydrogen-bond donors (Lipinski definition) is 0. The molecule has 0 aliphatic carbocycles. The molecule has 0 bridgehead atoms. The van der Waals surface area contributed by atoms with E-state index in [0.717, 1.165) is 58.3 Å². The van der Waals surface area contributed by atoms with Gasteiger partial charge in [0, 0.05) is 32.6 Å². The molecule has 0 spiro atoms. The summed E-state index contributed by atoms with van der Waals surface area (Å²) in [7, 11) is 2.17. The molecule has 0 N–H and O–H groups in total. The molecule has 110 valence electrons. The Balaban J connectivity index is 1.67. The Kier molecular flexibility index (Phi) is 5.64. The molecular formula is C15H28N2O2. The SMILES string of the molecule is CCCC(=O)N1CCC(OC2CCN(C)CC2)CC1. The summed E-state index contributed by atoms with van der Waals surface area (Å²) in [6.45, 7) is 6.14. The van der Waals surface area contributed by atoms with Crippen LogP contribution in [0.4, 0.5) is 0 Å². The summed E-state index contributed by atoms with van der Waals surface area (Å²) in [6, 6.07) is 0. The van der Waals surface area contributed by atoms with Crippen molar-refractivity contribution in [3.63, 3.8) is 0 Å². The Morgan fingerprint density at radius 1 is 1.05 bits per heavy atom. The molecule has 0 saturated carbocycles. The number of carbonyl (C=O) groups is 1. The van der Waals surface area contributed by atoms with Gasteiger partial charge in [0.25, 0.3) is 0 Å². The molecule has 4 nitrogen and oxygen atoms in total. The van der Waals surface area contributed by atoms with Gasteiger partial charge in [-0.15, -0.1) is 0 Å². The topological polar surface area (TPSA) is 32.8 Å². The molecule has 2 rings (SSSR count). The highest BCUT2D eigenvalue weighted by Gasteiger charge is 2.26. The molecule has 0 radical (unpaired) electrons. The number of piperidine rings is 2. The predicted molar refractivity (Wildman–Crippen MR) is 76.1 cm³/mol. The first-order valence-corrected chi connectivity index (χ1v) is 7.80. The number of carbonyl (C=O) groups excluding carboxylic acids is 1. The summed E-state index contributed by atoms with van der Waals surface area (Å²) >= 11 is 0. The van der Waals surface area contributed by atoms with Crippen LogP contribution in [-0.2, 0) is 9.53 Å². The Hall–Kier alpha value is -0.610. The van der Waals surface area contributed by atoms with Crippen LogP contribution in [0, 0.1) is 0 Å². The Morgan fingerprint density at radius 2 is 1.58 bits per heavy atom. The quantitative estimate of drug-likeness (QED) is 0.780. The standard InChI is InChI=1S/C15H28N2O2/c1-3-4-15(18)17-11-7-14(8-12-17)19-13-5-9-16(2)10-6-13/h13-14H,3-12H2,1-2H3. The predicted octanol–water partition coefficient (Wildman–Crippen LogP) is 1.89. The third-order valence-electron chi connectivity index (χ3n) is 4.31. The largest absolute Gasteiger partial charge is 0.375 e. The molecule has 19 heavy (non-hydrogen) atoms. The lowest BCUT2D eigenvalue weighted by Gasteiger charge is -2.36. The number of rotatable bonds is 4. The third-order valence-corrected chi connectivity index (χ3v) is 4.31. The van der Waals surface area contributed by atoms with Gasteiger partial charge >= 0.3 is 0 Å². The molecule has 2 heterocycles. The van der Waals surface area contributed by atoms with E-state index in [9.17, 15) is 4.79 Å². The molecular weight excluding hydrogens is 240 g/mol. The molecule has 0 aromatic heterocycles. The molecule has 2 aliphatic rings. The average Bonchev–Trinajstić information content (AvgIpc) is 2.42. The fourth-order valence-corrected chi connectivity index (χ4v) is 3.01. The Bertz CT molecular complexity index is 280.